The molecule has 0 heterocycles. The zero-order valence-corrected chi connectivity index (χ0v) is 26.6. The molecule has 6 nitrogen and oxygen atoms in total. The molecule has 0 bridgehead atoms. The molecule has 0 aliphatic heterocycles. The second kappa shape index (κ2) is 9.27. The summed E-state index contributed by atoms with van der Waals surface area (Å²) < 4.78 is 6.44. The molecule has 0 radical (unpaired) electrons. The van der Waals surface area contributed by atoms with Crippen LogP contribution in [0.2, 0.25) is 58.9 Å². The number of carbonyl (C=O) groups excluding carboxylic acids is 3. The molecule has 1 rings (SSSR count). The Labute approximate surface area is 202 Å². The van der Waals surface area contributed by atoms with Crippen molar-refractivity contribution in [3.05, 3.63) is 35.5 Å². The van der Waals surface area contributed by atoms with Crippen LogP contribution in [0.15, 0.2) is 35.5 Å². The first-order chi connectivity index (χ1) is 14.6. The molecule has 10 heteroatoms. The molecule has 1 unspecified atom stereocenters. The lowest BCUT2D eigenvalue weighted by Gasteiger charge is -2.60. The van der Waals surface area contributed by atoms with Crippen LogP contribution >= 0.6 is 0 Å². The molecule has 186 valence electrons. The van der Waals surface area contributed by atoms with Gasteiger partial charge in [-0.15, -0.1) is 0 Å². The van der Waals surface area contributed by atoms with Crippen molar-refractivity contribution in [2.45, 2.75) is 91.3 Å². The summed E-state index contributed by atoms with van der Waals surface area (Å²) in [4.78, 5) is 47.0. The Morgan fingerprint density at radius 2 is 1.06 bits per heavy atom. The van der Waals surface area contributed by atoms with Gasteiger partial charge in [0, 0.05) is 45.9 Å². The summed E-state index contributed by atoms with van der Waals surface area (Å²) in [6.07, 6.45) is 0.534. The molecule has 33 heavy (non-hydrogen) atoms. The summed E-state index contributed by atoms with van der Waals surface area (Å²) in [6, 6.07) is 0. The van der Waals surface area contributed by atoms with E-state index in [1.165, 1.54) is 6.92 Å². The van der Waals surface area contributed by atoms with Gasteiger partial charge in [-0.2, -0.15) is 0 Å². The van der Waals surface area contributed by atoms with Gasteiger partial charge < -0.3 is 4.74 Å². The lowest BCUT2D eigenvalue weighted by Crippen LogP contribution is -2.89. The SMILES string of the molecule is C=C(C)C(=O)OOC(=O)/C(C)=C1\CC1(OC(=O)C(=C)C)[Si]([Si](C)(C)C)([Si](C)(C)C)[Si](C)(C)C. The van der Waals surface area contributed by atoms with E-state index in [1.54, 1.807) is 13.8 Å². The molecule has 0 N–H and O–H groups in total. The Morgan fingerprint density at radius 3 is 1.39 bits per heavy atom. The van der Waals surface area contributed by atoms with Crippen LogP contribution in [0.25, 0.3) is 0 Å². The summed E-state index contributed by atoms with van der Waals surface area (Å²) in [5.74, 6) is -1.95. The summed E-state index contributed by atoms with van der Waals surface area (Å²) >= 11 is 0. The van der Waals surface area contributed by atoms with E-state index in [0.29, 0.717) is 17.6 Å². The summed E-state index contributed by atoms with van der Waals surface area (Å²) in [5, 5.41) is -0.746. The third-order valence-corrected chi connectivity index (χ3v) is 79.6. The Balaban J connectivity index is 3.82. The number of esters is 1. The molecule has 0 saturated heterocycles. The predicted molar refractivity (Wildman–Crippen MR) is 144 cm³/mol. The van der Waals surface area contributed by atoms with Crippen LogP contribution in [0.5, 0.6) is 0 Å². The van der Waals surface area contributed by atoms with E-state index >= 15 is 0 Å². The molecular formula is C23H42O6Si4. The highest BCUT2D eigenvalue weighted by molar-refractivity contribution is 7.90. The fourth-order valence-corrected chi connectivity index (χ4v) is 113. The molecule has 0 amide bonds. The van der Waals surface area contributed by atoms with Gasteiger partial charge in [-0.1, -0.05) is 72.1 Å². The highest BCUT2D eigenvalue weighted by atomic mass is 29.9. The fourth-order valence-electron chi connectivity index (χ4n) is 6.94. The zero-order chi connectivity index (χ0) is 26.4. The minimum Gasteiger partial charge on any atom is -0.456 e. The molecule has 1 aliphatic carbocycles. The second-order valence-corrected chi connectivity index (χ2v) is 52.9. The van der Waals surface area contributed by atoms with E-state index in [4.69, 9.17) is 9.62 Å². The highest BCUT2D eigenvalue weighted by Crippen LogP contribution is 2.62. The van der Waals surface area contributed by atoms with Gasteiger partial charge in [-0.3, -0.25) is 0 Å². The van der Waals surface area contributed by atoms with Crippen LogP contribution < -0.4 is 0 Å². The number of hydrogen-bond acceptors (Lipinski definition) is 6. The van der Waals surface area contributed by atoms with Crippen molar-refractivity contribution in [1.82, 2.24) is 0 Å². The first kappa shape index (κ1) is 29.5. The van der Waals surface area contributed by atoms with Crippen LogP contribution in [0.3, 0.4) is 0 Å². The molecule has 0 aromatic rings. The maximum Gasteiger partial charge on any atom is 0.382 e. The van der Waals surface area contributed by atoms with Crippen LogP contribution in [0.4, 0.5) is 0 Å². The van der Waals surface area contributed by atoms with Crippen molar-refractivity contribution in [3.8, 4) is 0 Å². The lowest BCUT2D eigenvalue weighted by molar-refractivity contribution is -0.252. The van der Waals surface area contributed by atoms with E-state index in [-0.39, 0.29) is 5.57 Å². The van der Waals surface area contributed by atoms with Gasteiger partial charge in [0.2, 0.25) is 0 Å². The highest BCUT2D eigenvalue weighted by Gasteiger charge is 2.80. The van der Waals surface area contributed by atoms with Crippen LogP contribution in [0.1, 0.15) is 27.2 Å². The van der Waals surface area contributed by atoms with Gasteiger partial charge in [0.15, 0.2) is 0 Å². The number of ether oxygens (including phenoxy) is 1. The quantitative estimate of drug-likeness (QED) is 0.139. The van der Waals surface area contributed by atoms with Gasteiger partial charge in [-0.05, 0) is 26.3 Å². The van der Waals surface area contributed by atoms with Gasteiger partial charge in [0.05, 0.1) is 6.63 Å². The van der Waals surface area contributed by atoms with Crippen molar-refractivity contribution >= 4 is 47.3 Å². The second-order valence-electron chi connectivity index (χ2n) is 12.3. The lowest BCUT2D eigenvalue weighted by atomic mass is 10.3. The molecule has 0 aromatic carbocycles. The largest absolute Gasteiger partial charge is 0.456 e. The molecule has 1 fully saturated rings. The minimum absolute atomic E-state index is 0.131. The Hall–Kier alpha value is -1.50. The van der Waals surface area contributed by atoms with Crippen molar-refractivity contribution in [2.24, 2.45) is 0 Å². The van der Waals surface area contributed by atoms with E-state index < -0.39 is 52.5 Å². The topological polar surface area (TPSA) is 78.9 Å². The predicted octanol–water partition coefficient (Wildman–Crippen LogP) is 5.38. The first-order valence-corrected chi connectivity index (χ1v) is 26.8. The smallest absolute Gasteiger partial charge is 0.382 e. The molecule has 1 saturated carbocycles. The van der Waals surface area contributed by atoms with E-state index in [0.717, 1.165) is 5.57 Å². The molecule has 0 spiro atoms. The van der Waals surface area contributed by atoms with Crippen LogP contribution in [-0.4, -0.2) is 52.5 Å². The average Bonchev–Trinajstić information content (AvgIpc) is 3.28. The Kier molecular flexibility index (Phi) is 8.30. The van der Waals surface area contributed by atoms with Crippen molar-refractivity contribution in [3.63, 3.8) is 0 Å². The van der Waals surface area contributed by atoms with Gasteiger partial charge >= 0.3 is 17.9 Å². The number of carbonyl (C=O) groups is 3. The van der Waals surface area contributed by atoms with Gasteiger partial charge in [0.25, 0.3) is 0 Å². The zero-order valence-electron chi connectivity index (χ0n) is 22.6. The van der Waals surface area contributed by atoms with Crippen LogP contribution in [0, 0.1) is 0 Å². The molecule has 1 atom stereocenters. The number of rotatable bonds is 8. The standard InChI is InChI=1S/C23H42O6Si4/c1-16(2)20(24)27-23(33(30(6,7)8,31(9,10)11)32(12,13)14)15-19(23)18(5)22(26)29-28-21(25)17(3)4/h1,3,15H2,2,4-14H3/b19-18+. The molecule has 1 aliphatic rings. The average molecular weight is 527 g/mol. The van der Waals surface area contributed by atoms with E-state index in [9.17, 15) is 14.4 Å². The molecule has 0 aromatic heterocycles. The summed E-state index contributed by atoms with van der Waals surface area (Å²) in [5.41, 5.74) is 1.66. The van der Waals surface area contributed by atoms with E-state index in [1.807, 2.05) is 0 Å². The maximum atomic E-state index is 13.0. The van der Waals surface area contributed by atoms with Crippen molar-refractivity contribution in [1.29, 1.82) is 0 Å². The minimum atomic E-state index is -2.31. The third kappa shape index (κ3) is 5.13. The summed E-state index contributed by atoms with van der Waals surface area (Å²) in [7, 11) is -5.65. The van der Waals surface area contributed by atoms with E-state index in [2.05, 4.69) is 77.0 Å². The van der Waals surface area contributed by atoms with Gasteiger partial charge in [-0.25, -0.2) is 24.2 Å². The Morgan fingerprint density at radius 1 is 0.697 bits per heavy atom. The third-order valence-electron chi connectivity index (χ3n) is 6.68. The van der Waals surface area contributed by atoms with Crippen molar-refractivity contribution in [2.75, 3.05) is 0 Å². The number of hydrogen-bond donors (Lipinski definition) is 0. The Bertz CT molecular complexity index is 879. The van der Waals surface area contributed by atoms with Crippen LogP contribution in [-0.2, 0) is 28.9 Å². The monoisotopic (exact) mass is 526 g/mol. The summed E-state index contributed by atoms with van der Waals surface area (Å²) in [6.45, 7) is 31.4. The molecular weight excluding hydrogens is 485 g/mol. The van der Waals surface area contributed by atoms with Gasteiger partial charge in [0.1, 0.15) is 5.22 Å². The van der Waals surface area contributed by atoms with Crippen molar-refractivity contribution < 1.29 is 28.9 Å². The first-order valence-electron chi connectivity index (χ1n) is 11.3. The normalized spacial score (nSPS) is 20.5. The fraction of sp³-hybridized carbons (Fsp3) is 0.609. The maximum absolute atomic E-state index is 13.0.